The summed E-state index contributed by atoms with van der Waals surface area (Å²) in [5, 5.41) is 4.00. The third-order valence-electron chi connectivity index (χ3n) is 6.99. The summed E-state index contributed by atoms with van der Waals surface area (Å²) in [5.74, 6) is 3.96. The monoisotopic (exact) mass is 380 g/mol. The number of carbonyl (C=O) groups excluding carboxylic acids is 1. The summed E-state index contributed by atoms with van der Waals surface area (Å²) in [6.45, 7) is 1.11. The molecule has 4 saturated carbocycles. The minimum atomic E-state index is -0.0505. The molecule has 1 aromatic heterocycles. The van der Waals surface area contributed by atoms with E-state index in [1.165, 1.54) is 38.5 Å². The minimum Gasteiger partial charge on any atom is -0.486 e. The van der Waals surface area contributed by atoms with Crippen molar-refractivity contribution in [2.45, 2.75) is 45.1 Å². The van der Waals surface area contributed by atoms with Gasteiger partial charge in [0.2, 0.25) is 0 Å². The first-order valence-corrected chi connectivity index (χ1v) is 10.5. The zero-order valence-corrected chi connectivity index (χ0v) is 16.5. The number of rotatable bonds is 6. The first kappa shape index (κ1) is 17.8. The molecule has 6 rings (SSSR count). The number of hydrogen-bond donors (Lipinski definition) is 0. The van der Waals surface area contributed by atoms with Crippen molar-refractivity contribution in [2.24, 2.45) is 23.2 Å². The van der Waals surface area contributed by atoms with Gasteiger partial charge in [0, 0.05) is 19.7 Å². The molecule has 5 nitrogen and oxygen atoms in total. The predicted octanol–water partition coefficient (Wildman–Crippen LogP) is 4.54. The Hall–Kier alpha value is -2.30. The van der Waals surface area contributed by atoms with Gasteiger partial charge in [0.15, 0.2) is 11.5 Å². The van der Waals surface area contributed by atoms with E-state index in [9.17, 15) is 4.79 Å². The molecule has 0 atom stereocenters. The van der Waals surface area contributed by atoms with Crippen molar-refractivity contribution < 1.29 is 14.1 Å². The molecule has 1 amide bonds. The minimum absolute atomic E-state index is 0.0505. The van der Waals surface area contributed by atoms with Crippen LogP contribution in [0.3, 0.4) is 0 Å². The lowest BCUT2D eigenvalue weighted by Crippen LogP contribution is -2.51. The molecule has 0 unspecified atom stereocenters. The van der Waals surface area contributed by atoms with Gasteiger partial charge in [-0.2, -0.15) is 0 Å². The van der Waals surface area contributed by atoms with Crippen LogP contribution in [0.5, 0.6) is 5.75 Å². The van der Waals surface area contributed by atoms with Crippen molar-refractivity contribution in [2.75, 3.05) is 13.6 Å². The zero-order valence-electron chi connectivity index (χ0n) is 16.5. The Morgan fingerprint density at radius 2 is 1.79 bits per heavy atom. The molecule has 4 aliphatic rings. The van der Waals surface area contributed by atoms with Gasteiger partial charge in [-0.3, -0.25) is 4.79 Å². The van der Waals surface area contributed by atoms with Gasteiger partial charge in [0.05, 0.1) is 0 Å². The largest absolute Gasteiger partial charge is 0.486 e. The molecule has 0 saturated heterocycles. The number of hydrogen-bond acceptors (Lipinski definition) is 4. The third kappa shape index (κ3) is 3.43. The van der Waals surface area contributed by atoms with Crippen molar-refractivity contribution in [1.82, 2.24) is 10.1 Å². The fourth-order valence-electron chi connectivity index (χ4n) is 6.41. The Morgan fingerprint density at radius 1 is 1.14 bits per heavy atom. The number of ether oxygens (including phenoxy) is 1. The van der Waals surface area contributed by atoms with E-state index >= 15 is 0 Å². The highest BCUT2D eigenvalue weighted by atomic mass is 16.5. The van der Waals surface area contributed by atoms with Crippen LogP contribution in [0, 0.1) is 23.2 Å². The average Bonchev–Trinajstić information content (AvgIpc) is 3.14. The summed E-state index contributed by atoms with van der Waals surface area (Å²) in [4.78, 5) is 14.8. The number of aromatic nitrogens is 1. The van der Waals surface area contributed by atoms with Crippen LogP contribution >= 0.6 is 0 Å². The van der Waals surface area contributed by atoms with Gasteiger partial charge in [0.1, 0.15) is 12.4 Å². The normalized spacial score (nSPS) is 30.4. The summed E-state index contributed by atoms with van der Waals surface area (Å²) >= 11 is 0. The van der Waals surface area contributed by atoms with Crippen molar-refractivity contribution >= 4 is 5.91 Å². The highest BCUT2D eigenvalue weighted by molar-refractivity contribution is 5.92. The molecule has 4 aliphatic carbocycles. The third-order valence-corrected chi connectivity index (χ3v) is 6.99. The van der Waals surface area contributed by atoms with Crippen molar-refractivity contribution in [3.05, 3.63) is 47.9 Å². The molecule has 2 aromatic rings. The molecular weight excluding hydrogens is 352 g/mol. The first-order chi connectivity index (χ1) is 13.6. The van der Waals surface area contributed by atoms with Crippen molar-refractivity contribution in [3.63, 3.8) is 0 Å². The maximum atomic E-state index is 12.9. The second-order valence-corrected chi connectivity index (χ2v) is 9.36. The lowest BCUT2D eigenvalue weighted by atomic mass is 9.49. The summed E-state index contributed by atoms with van der Waals surface area (Å²) in [6, 6.07) is 11.3. The smallest absolute Gasteiger partial charge is 0.275 e. The highest BCUT2D eigenvalue weighted by Gasteiger charge is 2.51. The number of benzene rings is 1. The van der Waals surface area contributed by atoms with E-state index in [2.05, 4.69) is 5.16 Å². The van der Waals surface area contributed by atoms with E-state index in [0.29, 0.717) is 16.9 Å². The highest BCUT2D eigenvalue weighted by Crippen LogP contribution is 2.60. The fourth-order valence-corrected chi connectivity index (χ4v) is 6.41. The van der Waals surface area contributed by atoms with Crippen LogP contribution in [0.2, 0.25) is 0 Å². The molecule has 0 aliphatic heterocycles. The molecule has 5 heteroatoms. The van der Waals surface area contributed by atoms with Crippen LogP contribution in [0.25, 0.3) is 0 Å². The first-order valence-electron chi connectivity index (χ1n) is 10.5. The van der Waals surface area contributed by atoms with Crippen LogP contribution in [0.15, 0.2) is 40.9 Å². The van der Waals surface area contributed by atoms with Crippen molar-refractivity contribution in [3.8, 4) is 5.75 Å². The zero-order chi connectivity index (χ0) is 19.1. The molecule has 28 heavy (non-hydrogen) atoms. The van der Waals surface area contributed by atoms with E-state index in [0.717, 1.165) is 30.0 Å². The number of nitrogens with zero attached hydrogens (tertiary/aromatic N) is 2. The van der Waals surface area contributed by atoms with Gasteiger partial charge >= 0.3 is 0 Å². The molecule has 4 bridgehead atoms. The molecule has 0 radical (unpaired) electrons. The molecule has 1 heterocycles. The summed E-state index contributed by atoms with van der Waals surface area (Å²) in [5.41, 5.74) is 0.709. The second kappa shape index (κ2) is 6.94. The van der Waals surface area contributed by atoms with Gasteiger partial charge in [0.25, 0.3) is 5.91 Å². The lowest BCUT2D eigenvalue weighted by molar-refractivity contribution is -0.0629. The summed E-state index contributed by atoms with van der Waals surface area (Å²) < 4.78 is 11.0. The van der Waals surface area contributed by atoms with Gasteiger partial charge in [-0.25, -0.2) is 0 Å². The molecule has 1 aromatic carbocycles. The lowest BCUT2D eigenvalue weighted by Gasteiger charge is -2.57. The Morgan fingerprint density at radius 3 is 2.43 bits per heavy atom. The molecule has 4 fully saturated rings. The van der Waals surface area contributed by atoms with Gasteiger partial charge < -0.3 is 14.2 Å². The molecule has 148 valence electrons. The van der Waals surface area contributed by atoms with Gasteiger partial charge in [-0.1, -0.05) is 23.4 Å². The van der Waals surface area contributed by atoms with Crippen LogP contribution < -0.4 is 4.74 Å². The maximum Gasteiger partial charge on any atom is 0.275 e. The number of para-hydroxylation sites is 1. The summed E-state index contributed by atoms with van der Waals surface area (Å²) in [7, 11) is 1.91. The average molecular weight is 380 g/mol. The predicted molar refractivity (Wildman–Crippen MR) is 105 cm³/mol. The Kier molecular flexibility index (Phi) is 4.41. The van der Waals surface area contributed by atoms with Crippen LogP contribution in [-0.4, -0.2) is 29.6 Å². The van der Waals surface area contributed by atoms with Crippen LogP contribution in [-0.2, 0) is 6.61 Å². The van der Waals surface area contributed by atoms with Crippen molar-refractivity contribution in [1.29, 1.82) is 0 Å². The van der Waals surface area contributed by atoms with E-state index in [1.54, 1.807) is 6.07 Å². The Labute approximate surface area is 166 Å². The van der Waals surface area contributed by atoms with E-state index in [-0.39, 0.29) is 12.5 Å². The van der Waals surface area contributed by atoms with Crippen LogP contribution in [0.4, 0.5) is 0 Å². The van der Waals surface area contributed by atoms with Gasteiger partial charge in [-0.15, -0.1) is 0 Å². The standard InChI is InChI=1S/C23H28N2O3/c1-25(15-23-11-16-7-17(12-23)9-18(8-16)13-23)22(26)21-10-20(28-24-21)14-27-19-5-3-2-4-6-19/h2-6,10,16-18H,7-9,11-15H2,1H3. The molecular formula is C23H28N2O3. The topological polar surface area (TPSA) is 55.6 Å². The number of amides is 1. The maximum absolute atomic E-state index is 12.9. The summed E-state index contributed by atoms with van der Waals surface area (Å²) in [6.07, 6.45) is 8.16. The van der Waals surface area contributed by atoms with Gasteiger partial charge in [-0.05, 0) is 73.8 Å². The Bertz CT molecular complexity index is 809. The molecule has 0 spiro atoms. The van der Waals surface area contributed by atoms with E-state index in [1.807, 2.05) is 42.3 Å². The molecule has 0 N–H and O–H groups in total. The SMILES string of the molecule is CN(CC12CC3CC(CC(C3)C1)C2)C(=O)c1cc(COc2ccccc2)on1. The second-order valence-electron chi connectivity index (χ2n) is 9.36. The Balaban J connectivity index is 1.21. The number of carbonyl (C=O) groups is 1. The fraction of sp³-hybridized carbons (Fsp3) is 0.565. The quantitative estimate of drug-likeness (QED) is 0.738. The van der Waals surface area contributed by atoms with E-state index in [4.69, 9.17) is 9.26 Å². The van der Waals surface area contributed by atoms with Crippen LogP contribution in [0.1, 0.15) is 54.8 Å². The van der Waals surface area contributed by atoms with E-state index < -0.39 is 0 Å².